The Hall–Kier alpha value is -2.38. The average molecular weight is 463 g/mol. The standard InChI is InChI=1S/C22H27BrN2O4/c1-14(2)10-19(22(27)28)24-12-16-11-17(23)6-9-20(16)29-13-21(26)25-18-7-4-15(3)5-8-18/h4-9,11,14,19,24H,10,12-13H2,1-3H3,(H,25,26)(H,27,28). The molecule has 0 spiro atoms. The quantitative estimate of drug-likeness (QED) is 0.487. The summed E-state index contributed by atoms with van der Waals surface area (Å²) in [4.78, 5) is 23.6. The van der Waals surface area contributed by atoms with Gasteiger partial charge < -0.3 is 20.5 Å². The highest BCUT2D eigenvalue weighted by atomic mass is 79.9. The number of benzene rings is 2. The smallest absolute Gasteiger partial charge is 0.320 e. The number of anilines is 1. The lowest BCUT2D eigenvalue weighted by Gasteiger charge is -2.18. The van der Waals surface area contributed by atoms with Crippen LogP contribution in [0, 0.1) is 12.8 Å². The third-order valence-electron chi connectivity index (χ3n) is 4.26. The first-order valence-electron chi connectivity index (χ1n) is 9.48. The number of halogens is 1. The molecule has 1 amide bonds. The van der Waals surface area contributed by atoms with Crippen molar-refractivity contribution in [3.05, 3.63) is 58.1 Å². The van der Waals surface area contributed by atoms with E-state index in [1.807, 2.05) is 57.2 Å². The summed E-state index contributed by atoms with van der Waals surface area (Å²) in [7, 11) is 0. The van der Waals surface area contributed by atoms with Crippen LogP contribution in [0.3, 0.4) is 0 Å². The predicted octanol–water partition coefficient (Wildman–Crippen LogP) is 4.36. The van der Waals surface area contributed by atoms with Crippen LogP contribution in [0.15, 0.2) is 46.9 Å². The monoisotopic (exact) mass is 462 g/mol. The van der Waals surface area contributed by atoms with Crippen LogP contribution in [0.5, 0.6) is 5.75 Å². The molecule has 0 aromatic heterocycles. The maximum atomic E-state index is 12.2. The van der Waals surface area contributed by atoms with Gasteiger partial charge in [0.15, 0.2) is 6.61 Å². The third kappa shape index (κ3) is 7.87. The van der Waals surface area contributed by atoms with Gasteiger partial charge in [-0.25, -0.2) is 0 Å². The van der Waals surface area contributed by atoms with Gasteiger partial charge in [-0.3, -0.25) is 9.59 Å². The minimum absolute atomic E-state index is 0.142. The number of ether oxygens (including phenoxy) is 1. The lowest BCUT2D eigenvalue weighted by Crippen LogP contribution is -2.37. The second-order valence-electron chi connectivity index (χ2n) is 7.36. The minimum atomic E-state index is -0.881. The van der Waals surface area contributed by atoms with Crippen LogP contribution >= 0.6 is 15.9 Å². The van der Waals surface area contributed by atoms with Gasteiger partial charge in [-0.15, -0.1) is 0 Å². The molecule has 0 aliphatic carbocycles. The van der Waals surface area contributed by atoms with Gasteiger partial charge in [0.1, 0.15) is 11.8 Å². The fraction of sp³-hybridized carbons (Fsp3) is 0.364. The zero-order chi connectivity index (χ0) is 21.4. The lowest BCUT2D eigenvalue weighted by molar-refractivity contribution is -0.140. The largest absolute Gasteiger partial charge is 0.483 e. The number of nitrogens with one attached hydrogen (secondary N) is 2. The van der Waals surface area contributed by atoms with Crippen molar-refractivity contribution >= 4 is 33.5 Å². The molecule has 7 heteroatoms. The summed E-state index contributed by atoms with van der Waals surface area (Å²) in [6, 6.07) is 12.3. The van der Waals surface area contributed by atoms with Crippen LogP contribution in [0.4, 0.5) is 5.69 Å². The van der Waals surface area contributed by atoms with E-state index < -0.39 is 12.0 Å². The normalized spacial score (nSPS) is 11.9. The SMILES string of the molecule is Cc1ccc(NC(=O)COc2ccc(Br)cc2CNC(CC(C)C)C(=O)O)cc1. The van der Waals surface area contributed by atoms with Crippen molar-refractivity contribution in [1.82, 2.24) is 5.32 Å². The van der Waals surface area contributed by atoms with Crippen molar-refractivity contribution in [2.24, 2.45) is 5.92 Å². The Bertz CT molecular complexity index is 837. The molecule has 1 unspecified atom stereocenters. The first-order chi connectivity index (χ1) is 13.7. The highest BCUT2D eigenvalue weighted by Gasteiger charge is 2.19. The number of aliphatic carboxylic acids is 1. The number of amides is 1. The van der Waals surface area contributed by atoms with Crippen molar-refractivity contribution in [2.45, 2.75) is 39.8 Å². The summed E-state index contributed by atoms with van der Waals surface area (Å²) in [5.74, 6) is -0.353. The van der Waals surface area contributed by atoms with Gasteiger partial charge >= 0.3 is 5.97 Å². The molecular weight excluding hydrogens is 436 g/mol. The predicted molar refractivity (Wildman–Crippen MR) is 117 cm³/mol. The highest BCUT2D eigenvalue weighted by Crippen LogP contribution is 2.24. The van der Waals surface area contributed by atoms with Crippen LogP contribution in [0.25, 0.3) is 0 Å². The van der Waals surface area contributed by atoms with Gasteiger partial charge in [0.2, 0.25) is 0 Å². The maximum Gasteiger partial charge on any atom is 0.320 e. The Morgan fingerprint density at radius 3 is 2.45 bits per heavy atom. The molecule has 0 aliphatic heterocycles. The average Bonchev–Trinajstić information content (AvgIpc) is 2.65. The molecule has 0 fully saturated rings. The molecule has 3 N–H and O–H groups in total. The van der Waals surface area contributed by atoms with E-state index in [0.29, 0.717) is 24.4 Å². The van der Waals surface area contributed by atoms with E-state index in [4.69, 9.17) is 4.74 Å². The second-order valence-corrected chi connectivity index (χ2v) is 8.27. The van der Waals surface area contributed by atoms with Gasteiger partial charge in [-0.2, -0.15) is 0 Å². The highest BCUT2D eigenvalue weighted by molar-refractivity contribution is 9.10. The number of hydrogen-bond acceptors (Lipinski definition) is 4. The Morgan fingerprint density at radius 1 is 1.14 bits per heavy atom. The van der Waals surface area contributed by atoms with Gasteiger partial charge in [0, 0.05) is 22.3 Å². The van der Waals surface area contributed by atoms with Crippen LogP contribution in [-0.4, -0.2) is 29.6 Å². The number of hydrogen-bond donors (Lipinski definition) is 3. The Kier molecular flexibility index (Phi) is 8.67. The number of carbonyl (C=O) groups excluding carboxylic acids is 1. The van der Waals surface area contributed by atoms with E-state index in [1.165, 1.54) is 0 Å². The van der Waals surface area contributed by atoms with Crippen molar-refractivity contribution in [2.75, 3.05) is 11.9 Å². The van der Waals surface area contributed by atoms with Crippen molar-refractivity contribution < 1.29 is 19.4 Å². The topological polar surface area (TPSA) is 87.7 Å². The molecule has 1 atom stereocenters. The summed E-state index contributed by atoms with van der Waals surface area (Å²) in [5, 5.41) is 15.3. The zero-order valence-corrected chi connectivity index (χ0v) is 18.5. The van der Waals surface area contributed by atoms with Crippen LogP contribution in [0.1, 0.15) is 31.4 Å². The van der Waals surface area contributed by atoms with Gasteiger partial charge in [0.05, 0.1) is 0 Å². The van der Waals surface area contributed by atoms with E-state index in [-0.39, 0.29) is 18.4 Å². The molecule has 29 heavy (non-hydrogen) atoms. The number of carboxylic acid groups (broad SMARTS) is 1. The van der Waals surface area contributed by atoms with Crippen molar-refractivity contribution in [3.8, 4) is 5.75 Å². The molecule has 0 heterocycles. The number of carboxylic acids is 1. The first kappa shape index (κ1) is 22.9. The van der Waals surface area contributed by atoms with E-state index in [9.17, 15) is 14.7 Å². The number of carbonyl (C=O) groups is 2. The molecule has 2 aromatic rings. The minimum Gasteiger partial charge on any atom is -0.483 e. The zero-order valence-electron chi connectivity index (χ0n) is 16.9. The fourth-order valence-electron chi connectivity index (χ4n) is 2.78. The summed E-state index contributed by atoms with van der Waals surface area (Å²) >= 11 is 3.42. The van der Waals surface area contributed by atoms with Crippen molar-refractivity contribution in [3.63, 3.8) is 0 Å². The maximum absolute atomic E-state index is 12.2. The summed E-state index contributed by atoms with van der Waals surface area (Å²) in [6.07, 6.45) is 0.526. The van der Waals surface area contributed by atoms with Crippen molar-refractivity contribution in [1.29, 1.82) is 0 Å². The third-order valence-corrected chi connectivity index (χ3v) is 4.75. The summed E-state index contributed by atoms with van der Waals surface area (Å²) in [5.41, 5.74) is 2.60. The van der Waals surface area contributed by atoms with Crippen LogP contribution in [-0.2, 0) is 16.1 Å². The van der Waals surface area contributed by atoms with E-state index in [0.717, 1.165) is 15.6 Å². The molecule has 6 nitrogen and oxygen atoms in total. The van der Waals surface area contributed by atoms with Gasteiger partial charge in [-0.1, -0.05) is 47.5 Å². The second kappa shape index (κ2) is 11.0. The number of rotatable bonds is 10. The Labute approximate surface area is 179 Å². The molecule has 0 saturated heterocycles. The number of aryl methyl sites for hydroxylation is 1. The molecule has 2 aromatic carbocycles. The fourth-order valence-corrected chi connectivity index (χ4v) is 3.19. The first-order valence-corrected chi connectivity index (χ1v) is 10.3. The molecule has 0 radical (unpaired) electrons. The molecule has 156 valence electrons. The molecule has 0 saturated carbocycles. The molecular formula is C22H27BrN2O4. The van der Waals surface area contributed by atoms with E-state index >= 15 is 0 Å². The van der Waals surface area contributed by atoms with E-state index in [2.05, 4.69) is 26.6 Å². The molecule has 2 rings (SSSR count). The molecule has 0 bridgehead atoms. The van der Waals surface area contributed by atoms with Gasteiger partial charge in [0.25, 0.3) is 5.91 Å². The molecule has 0 aliphatic rings. The van der Waals surface area contributed by atoms with E-state index in [1.54, 1.807) is 6.07 Å². The van der Waals surface area contributed by atoms with Crippen LogP contribution < -0.4 is 15.4 Å². The van der Waals surface area contributed by atoms with Crippen LogP contribution in [0.2, 0.25) is 0 Å². The lowest BCUT2D eigenvalue weighted by atomic mass is 10.0. The van der Waals surface area contributed by atoms with Gasteiger partial charge in [-0.05, 0) is 49.6 Å². The Balaban J connectivity index is 1.99. The summed E-state index contributed by atoms with van der Waals surface area (Å²) < 4.78 is 6.55. The Morgan fingerprint density at radius 2 is 1.83 bits per heavy atom. The summed E-state index contributed by atoms with van der Waals surface area (Å²) in [6.45, 7) is 6.12.